The molecule has 0 bridgehead atoms. The lowest BCUT2D eigenvalue weighted by Gasteiger charge is -2.18. The van der Waals surface area contributed by atoms with Gasteiger partial charge < -0.3 is 20.7 Å². The van der Waals surface area contributed by atoms with E-state index in [-0.39, 0.29) is 54.4 Å². The number of aromatic nitrogens is 1. The molecule has 2 aliphatic rings. The number of ether oxygens (including phenoxy) is 1. The highest BCUT2D eigenvalue weighted by molar-refractivity contribution is 7.89. The number of nitrogens with zero attached hydrogens (tertiary/aromatic N) is 2. The normalized spacial score (nSPS) is 23.0. The lowest BCUT2D eigenvalue weighted by Crippen LogP contribution is -2.32. The van der Waals surface area contributed by atoms with Crippen molar-refractivity contribution in [1.82, 2.24) is 9.29 Å². The number of rotatable bonds is 7. The van der Waals surface area contributed by atoms with Crippen LogP contribution in [0.25, 0.3) is 0 Å². The predicted molar refractivity (Wildman–Crippen MR) is 98.5 cm³/mol. The van der Waals surface area contributed by atoms with Crippen molar-refractivity contribution in [2.24, 2.45) is 23.5 Å². The summed E-state index contributed by atoms with van der Waals surface area (Å²) in [5.74, 6) is -4.11. The summed E-state index contributed by atoms with van der Waals surface area (Å²) in [6.07, 6.45) is -3.55. The van der Waals surface area contributed by atoms with E-state index in [0.717, 1.165) is 0 Å². The van der Waals surface area contributed by atoms with Crippen LogP contribution in [0.4, 0.5) is 17.6 Å². The molecule has 3 rings (SSSR count). The standard InChI is InChI=1S/C15H18FN3O5S.C2HF3O2/c16-3-9(4-17)8-24-13-2-1-10(5-18-13)25(22,23)19-6-11-12(7-19)14(11)15(20)21;3-2(4,5)1(6)7/h1-3,5,11-12,14H,4,6-8,17H2,(H,20,21);(H,6,7)/b9-3+;. The fourth-order valence-electron chi connectivity index (χ4n) is 3.11. The summed E-state index contributed by atoms with van der Waals surface area (Å²) in [7, 11) is -3.72. The maximum Gasteiger partial charge on any atom is 0.490 e. The number of halogens is 4. The van der Waals surface area contributed by atoms with E-state index in [0.29, 0.717) is 6.33 Å². The smallest absolute Gasteiger partial charge is 0.481 e. The first kappa shape index (κ1) is 25.5. The summed E-state index contributed by atoms with van der Waals surface area (Å²) in [6, 6.07) is 2.74. The molecule has 178 valence electrons. The molecule has 2 heterocycles. The third-order valence-electron chi connectivity index (χ3n) is 4.86. The minimum atomic E-state index is -5.08. The zero-order valence-electron chi connectivity index (χ0n) is 16.2. The first-order valence-electron chi connectivity index (χ1n) is 8.93. The summed E-state index contributed by atoms with van der Waals surface area (Å²) in [5, 5.41) is 16.1. The second-order valence-electron chi connectivity index (χ2n) is 6.91. The van der Waals surface area contributed by atoms with Gasteiger partial charge >= 0.3 is 18.1 Å². The molecular weight excluding hydrogens is 466 g/mol. The quantitative estimate of drug-likeness (QED) is 0.476. The van der Waals surface area contributed by atoms with Gasteiger partial charge in [0.1, 0.15) is 11.5 Å². The molecule has 10 nitrogen and oxygen atoms in total. The fraction of sp³-hybridized carbons (Fsp3) is 0.471. The Kier molecular flexibility index (Phi) is 7.79. The Morgan fingerprint density at radius 1 is 1.25 bits per heavy atom. The number of hydrogen-bond acceptors (Lipinski definition) is 7. The van der Waals surface area contributed by atoms with Gasteiger partial charge in [-0.15, -0.1) is 0 Å². The number of carboxylic acid groups (broad SMARTS) is 2. The van der Waals surface area contributed by atoms with Crippen molar-refractivity contribution < 1.29 is 50.5 Å². The molecule has 1 aromatic heterocycles. The molecule has 32 heavy (non-hydrogen) atoms. The molecular formula is C17H19F4N3O7S. The van der Waals surface area contributed by atoms with Gasteiger partial charge in [-0.25, -0.2) is 22.6 Å². The van der Waals surface area contributed by atoms with Crippen LogP contribution in [0.15, 0.2) is 35.1 Å². The lowest BCUT2D eigenvalue weighted by atomic mass is 10.3. The number of nitrogens with two attached hydrogens (primary N) is 1. The van der Waals surface area contributed by atoms with E-state index in [1.165, 1.54) is 22.6 Å². The fourth-order valence-corrected chi connectivity index (χ4v) is 4.57. The molecule has 1 aliphatic heterocycles. The average Bonchev–Trinajstić information content (AvgIpc) is 3.23. The van der Waals surface area contributed by atoms with E-state index in [1.54, 1.807) is 0 Å². The van der Waals surface area contributed by atoms with Crippen molar-refractivity contribution in [3.63, 3.8) is 0 Å². The molecule has 1 aliphatic carbocycles. The zero-order chi connectivity index (χ0) is 24.3. The lowest BCUT2D eigenvalue weighted by molar-refractivity contribution is -0.192. The number of pyridine rings is 1. The van der Waals surface area contributed by atoms with Gasteiger partial charge in [0.2, 0.25) is 15.9 Å². The van der Waals surface area contributed by atoms with Gasteiger partial charge in [-0.1, -0.05) is 0 Å². The van der Waals surface area contributed by atoms with Gasteiger partial charge in [0.05, 0.1) is 18.4 Å². The molecule has 1 aromatic rings. The maximum absolute atomic E-state index is 12.6. The number of carbonyl (C=O) groups is 2. The van der Waals surface area contributed by atoms with Crippen LogP contribution in [-0.2, 0) is 19.6 Å². The average molecular weight is 485 g/mol. The third kappa shape index (κ3) is 5.92. The topological polar surface area (TPSA) is 160 Å². The first-order valence-corrected chi connectivity index (χ1v) is 10.4. The number of fused-ring (bicyclic) bond motifs is 1. The Morgan fingerprint density at radius 2 is 1.81 bits per heavy atom. The zero-order valence-corrected chi connectivity index (χ0v) is 17.0. The molecule has 0 amide bonds. The minimum Gasteiger partial charge on any atom is -0.481 e. The van der Waals surface area contributed by atoms with Crippen LogP contribution in [-0.4, -0.2) is 72.3 Å². The van der Waals surface area contributed by atoms with E-state index in [9.17, 15) is 30.8 Å². The van der Waals surface area contributed by atoms with Gasteiger partial charge in [0.25, 0.3) is 0 Å². The van der Waals surface area contributed by atoms with Gasteiger partial charge in [0, 0.05) is 31.3 Å². The molecule has 0 spiro atoms. The van der Waals surface area contributed by atoms with E-state index >= 15 is 0 Å². The van der Waals surface area contributed by atoms with Crippen molar-refractivity contribution in [2.75, 3.05) is 26.2 Å². The van der Waals surface area contributed by atoms with Gasteiger partial charge in [-0.3, -0.25) is 4.79 Å². The van der Waals surface area contributed by atoms with Crippen molar-refractivity contribution >= 4 is 22.0 Å². The minimum absolute atomic E-state index is 0.00751. The highest BCUT2D eigenvalue weighted by Gasteiger charge is 2.61. The van der Waals surface area contributed by atoms with Crippen molar-refractivity contribution in [1.29, 1.82) is 0 Å². The first-order chi connectivity index (χ1) is 14.8. The Morgan fingerprint density at radius 3 is 2.19 bits per heavy atom. The van der Waals surface area contributed by atoms with E-state index in [4.69, 9.17) is 25.5 Å². The Balaban J connectivity index is 0.000000451. The van der Waals surface area contributed by atoms with Crippen molar-refractivity contribution in [3.8, 4) is 5.88 Å². The molecule has 1 saturated carbocycles. The van der Waals surface area contributed by atoms with E-state index in [1.807, 2.05) is 0 Å². The number of piperidine rings is 1. The van der Waals surface area contributed by atoms with Gasteiger partial charge in [-0.2, -0.15) is 17.5 Å². The summed E-state index contributed by atoms with van der Waals surface area (Å²) in [5.41, 5.74) is 5.56. The number of carboxylic acids is 2. The van der Waals surface area contributed by atoms with Crippen LogP contribution in [0.2, 0.25) is 0 Å². The van der Waals surface area contributed by atoms with Crippen LogP contribution < -0.4 is 10.5 Å². The van der Waals surface area contributed by atoms with Crippen LogP contribution in [0.3, 0.4) is 0 Å². The van der Waals surface area contributed by atoms with E-state index in [2.05, 4.69) is 4.98 Å². The Bertz CT molecular complexity index is 971. The summed E-state index contributed by atoms with van der Waals surface area (Å²) in [4.78, 5) is 23.8. The highest BCUT2D eigenvalue weighted by Crippen LogP contribution is 2.52. The van der Waals surface area contributed by atoms with Crippen molar-refractivity contribution in [3.05, 3.63) is 30.2 Å². The summed E-state index contributed by atoms with van der Waals surface area (Å²) >= 11 is 0. The second kappa shape index (κ2) is 9.79. The highest BCUT2D eigenvalue weighted by atomic mass is 32.2. The van der Waals surface area contributed by atoms with Crippen molar-refractivity contribution in [2.45, 2.75) is 11.1 Å². The summed E-state index contributed by atoms with van der Waals surface area (Å²) in [6.45, 7) is 0.364. The molecule has 0 aromatic carbocycles. The van der Waals surface area contributed by atoms with Crippen LogP contribution in [0.1, 0.15) is 0 Å². The second-order valence-corrected chi connectivity index (χ2v) is 8.85. The van der Waals surface area contributed by atoms with Crippen LogP contribution in [0, 0.1) is 17.8 Å². The molecule has 15 heteroatoms. The molecule has 1 saturated heterocycles. The van der Waals surface area contributed by atoms with E-state index < -0.39 is 34.1 Å². The summed E-state index contributed by atoms with van der Waals surface area (Å²) < 4.78 is 75.8. The monoisotopic (exact) mass is 485 g/mol. The molecule has 4 N–H and O–H groups in total. The molecule has 0 radical (unpaired) electrons. The predicted octanol–water partition coefficient (Wildman–Crippen LogP) is 0.857. The Labute approximate surface area is 179 Å². The number of sulfonamides is 1. The van der Waals surface area contributed by atoms with Crippen LogP contribution >= 0.6 is 0 Å². The Hall–Kier alpha value is -2.78. The number of hydrogen-bond donors (Lipinski definition) is 3. The molecule has 2 unspecified atom stereocenters. The SMILES string of the molecule is NC/C(=C\F)COc1ccc(S(=O)(=O)N2CC3C(C2)C3C(=O)O)cn1.O=C(O)C(F)(F)F. The van der Waals surface area contributed by atoms with Crippen LogP contribution in [0.5, 0.6) is 5.88 Å². The third-order valence-corrected chi connectivity index (χ3v) is 6.67. The van der Waals surface area contributed by atoms with Gasteiger partial charge in [0.15, 0.2) is 0 Å². The van der Waals surface area contributed by atoms with Gasteiger partial charge in [-0.05, 0) is 17.9 Å². The number of alkyl halides is 3. The molecule has 2 atom stereocenters. The largest absolute Gasteiger partial charge is 0.490 e. The number of aliphatic carboxylic acids is 2. The molecule has 2 fully saturated rings. The maximum atomic E-state index is 12.6.